The Balaban J connectivity index is 2.27. The van der Waals surface area contributed by atoms with Crippen LogP contribution in [0, 0.1) is 11.6 Å². The predicted octanol–water partition coefficient (Wildman–Crippen LogP) is 3.83. The fraction of sp³-hybridized carbons (Fsp3) is 0.0714. The zero-order chi connectivity index (χ0) is 14.7. The number of ether oxygens (including phenoxy) is 1. The minimum Gasteiger partial charge on any atom is -0.484 e. The number of halogens is 3. The van der Waals surface area contributed by atoms with Gasteiger partial charge in [0, 0.05) is 11.1 Å². The summed E-state index contributed by atoms with van der Waals surface area (Å²) in [5, 5.41) is 0.137. The highest BCUT2D eigenvalue weighted by molar-refractivity contribution is 7.80. The Morgan fingerprint density at radius 2 is 2.00 bits per heavy atom. The lowest BCUT2D eigenvalue weighted by Gasteiger charge is -2.12. The molecule has 0 aliphatic rings. The summed E-state index contributed by atoms with van der Waals surface area (Å²) in [5.74, 6) is -1.14. The van der Waals surface area contributed by atoms with E-state index in [9.17, 15) is 8.78 Å². The van der Waals surface area contributed by atoms with E-state index >= 15 is 0 Å². The van der Waals surface area contributed by atoms with Crippen LogP contribution in [0.15, 0.2) is 36.4 Å². The highest BCUT2D eigenvalue weighted by atomic mass is 35.5. The summed E-state index contributed by atoms with van der Waals surface area (Å²) in [6.45, 7) is -0.0922. The molecular formula is C14H10ClF2NOS. The van der Waals surface area contributed by atoms with Gasteiger partial charge in [-0.3, -0.25) is 0 Å². The number of benzene rings is 2. The molecule has 2 aromatic rings. The molecule has 0 saturated heterocycles. The minimum absolute atomic E-state index is 0.0904. The molecule has 6 heteroatoms. The average Bonchev–Trinajstić information content (AvgIpc) is 2.37. The lowest BCUT2D eigenvalue weighted by molar-refractivity contribution is 0.290. The van der Waals surface area contributed by atoms with Gasteiger partial charge in [0.15, 0.2) is 11.6 Å². The predicted molar refractivity (Wildman–Crippen MR) is 78.0 cm³/mol. The van der Waals surface area contributed by atoms with Gasteiger partial charge in [0.25, 0.3) is 0 Å². The quantitative estimate of drug-likeness (QED) is 0.871. The van der Waals surface area contributed by atoms with Crippen molar-refractivity contribution in [3.8, 4) is 5.75 Å². The van der Waals surface area contributed by atoms with E-state index in [-0.39, 0.29) is 22.4 Å². The second-order valence-electron chi connectivity index (χ2n) is 4.01. The minimum atomic E-state index is -0.592. The zero-order valence-corrected chi connectivity index (χ0v) is 11.8. The van der Waals surface area contributed by atoms with E-state index < -0.39 is 11.6 Å². The SMILES string of the molecule is NC(=S)c1ccc(F)cc1COc1c(F)cccc1Cl. The maximum absolute atomic E-state index is 13.6. The number of nitrogens with two attached hydrogens (primary N) is 1. The molecule has 2 rings (SSSR count). The Morgan fingerprint density at radius 1 is 1.25 bits per heavy atom. The Labute approximate surface area is 125 Å². The van der Waals surface area contributed by atoms with Crippen LogP contribution >= 0.6 is 23.8 Å². The van der Waals surface area contributed by atoms with Crippen LogP contribution in [-0.4, -0.2) is 4.99 Å². The van der Waals surface area contributed by atoms with Gasteiger partial charge in [-0.25, -0.2) is 8.78 Å². The maximum atomic E-state index is 13.6. The van der Waals surface area contributed by atoms with Crippen molar-refractivity contribution in [2.45, 2.75) is 6.61 Å². The van der Waals surface area contributed by atoms with Gasteiger partial charge >= 0.3 is 0 Å². The standard InChI is InChI=1S/C14H10ClF2NOS/c15-11-2-1-3-12(17)13(11)19-7-8-6-9(16)4-5-10(8)14(18)20/h1-6H,7H2,(H2,18,20). The van der Waals surface area contributed by atoms with Crippen LogP contribution < -0.4 is 10.5 Å². The lowest BCUT2D eigenvalue weighted by atomic mass is 10.1. The van der Waals surface area contributed by atoms with Gasteiger partial charge in [-0.05, 0) is 30.3 Å². The van der Waals surface area contributed by atoms with Gasteiger partial charge in [-0.15, -0.1) is 0 Å². The van der Waals surface area contributed by atoms with Gasteiger partial charge in [0.1, 0.15) is 17.4 Å². The van der Waals surface area contributed by atoms with Crippen molar-refractivity contribution in [2.75, 3.05) is 0 Å². The maximum Gasteiger partial charge on any atom is 0.174 e. The van der Waals surface area contributed by atoms with Crippen molar-refractivity contribution in [2.24, 2.45) is 5.73 Å². The molecule has 0 spiro atoms. The molecule has 2 nitrogen and oxygen atoms in total. The Hall–Kier alpha value is -1.72. The molecular weight excluding hydrogens is 304 g/mol. The third-order valence-electron chi connectivity index (χ3n) is 2.62. The molecule has 0 heterocycles. The summed E-state index contributed by atoms with van der Waals surface area (Å²) in [5.41, 5.74) is 6.45. The fourth-order valence-corrected chi connectivity index (χ4v) is 2.11. The summed E-state index contributed by atoms with van der Waals surface area (Å²) >= 11 is 10.7. The summed E-state index contributed by atoms with van der Waals surface area (Å²) in [6.07, 6.45) is 0. The first-order valence-electron chi connectivity index (χ1n) is 5.64. The van der Waals surface area contributed by atoms with E-state index in [4.69, 9.17) is 34.3 Å². The highest BCUT2D eigenvalue weighted by Crippen LogP contribution is 2.28. The number of thiocarbonyl (C=S) groups is 1. The van der Waals surface area contributed by atoms with E-state index in [1.807, 2.05) is 0 Å². The molecule has 0 unspecified atom stereocenters. The van der Waals surface area contributed by atoms with Crippen molar-refractivity contribution in [3.05, 3.63) is 64.2 Å². The molecule has 0 aromatic heterocycles. The molecule has 0 aliphatic heterocycles. The molecule has 0 atom stereocenters. The van der Waals surface area contributed by atoms with Crippen LogP contribution in [0.5, 0.6) is 5.75 Å². The van der Waals surface area contributed by atoms with Crippen molar-refractivity contribution >= 4 is 28.8 Å². The molecule has 0 saturated carbocycles. The first-order valence-corrected chi connectivity index (χ1v) is 6.42. The van der Waals surface area contributed by atoms with E-state index in [2.05, 4.69) is 0 Å². The van der Waals surface area contributed by atoms with Gasteiger partial charge < -0.3 is 10.5 Å². The smallest absolute Gasteiger partial charge is 0.174 e. The molecule has 20 heavy (non-hydrogen) atoms. The summed E-state index contributed by atoms with van der Waals surface area (Å²) in [4.78, 5) is 0.114. The van der Waals surface area contributed by atoms with Crippen molar-refractivity contribution in [3.63, 3.8) is 0 Å². The fourth-order valence-electron chi connectivity index (χ4n) is 1.69. The van der Waals surface area contributed by atoms with Crippen LogP contribution in [-0.2, 0) is 6.61 Å². The van der Waals surface area contributed by atoms with Crippen LogP contribution in [0.1, 0.15) is 11.1 Å². The van der Waals surface area contributed by atoms with Crippen LogP contribution in [0.4, 0.5) is 8.78 Å². The van der Waals surface area contributed by atoms with Crippen LogP contribution in [0.2, 0.25) is 5.02 Å². The lowest BCUT2D eigenvalue weighted by Crippen LogP contribution is -2.14. The van der Waals surface area contributed by atoms with E-state index in [0.717, 1.165) is 0 Å². The number of hydrogen-bond donors (Lipinski definition) is 1. The van der Waals surface area contributed by atoms with Gasteiger partial charge in [0.2, 0.25) is 0 Å². The number of rotatable bonds is 4. The molecule has 0 fully saturated rings. The van der Waals surface area contributed by atoms with Crippen molar-refractivity contribution < 1.29 is 13.5 Å². The normalized spacial score (nSPS) is 10.3. The molecule has 0 amide bonds. The van der Waals surface area contributed by atoms with Crippen molar-refractivity contribution in [1.82, 2.24) is 0 Å². The second-order valence-corrected chi connectivity index (χ2v) is 4.85. The third-order valence-corrected chi connectivity index (χ3v) is 3.14. The monoisotopic (exact) mass is 313 g/mol. The summed E-state index contributed by atoms with van der Waals surface area (Å²) in [6, 6.07) is 8.13. The van der Waals surface area contributed by atoms with Gasteiger partial charge in [0.05, 0.1) is 5.02 Å². The first-order chi connectivity index (χ1) is 9.49. The number of hydrogen-bond acceptors (Lipinski definition) is 2. The number of para-hydroxylation sites is 1. The summed E-state index contributed by atoms with van der Waals surface area (Å²) < 4.78 is 32.1. The topological polar surface area (TPSA) is 35.2 Å². The average molecular weight is 314 g/mol. The zero-order valence-electron chi connectivity index (χ0n) is 10.2. The molecule has 2 N–H and O–H groups in total. The Morgan fingerprint density at radius 3 is 2.65 bits per heavy atom. The largest absolute Gasteiger partial charge is 0.484 e. The van der Waals surface area contributed by atoms with E-state index in [1.54, 1.807) is 0 Å². The molecule has 0 aliphatic carbocycles. The highest BCUT2D eigenvalue weighted by Gasteiger charge is 2.11. The van der Waals surface area contributed by atoms with Crippen molar-refractivity contribution in [1.29, 1.82) is 0 Å². The Kier molecular flexibility index (Phi) is 4.52. The van der Waals surface area contributed by atoms with E-state index in [1.165, 1.54) is 36.4 Å². The molecule has 0 bridgehead atoms. The van der Waals surface area contributed by atoms with Crippen LogP contribution in [0.25, 0.3) is 0 Å². The van der Waals surface area contributed by atoms with Gasteiger partial charge in [-0.2, -0.15) is 0 Å². The first kappa shape index (κ1) is 14.7. The molecule has 2 aromatic carbocycles. The molecule has 0 radical (unpaired) electrons. The van der Waals surface area contributed by atoms with Gasteiger partial charge in [-0.1, -0.05) is 29.9 Å². The summed E-state index contributed by atoms with van der Waals surface area (Å²) in [7, 11) is 0. The van der Waals surface area contributed by atoms with Crippen LogP contribution in [0.3, 0.4) is 0 Å². The third kappa shape index (κ3) is 3.23. The van der Waals surface area contributed by atoms with E-state index in [0.29, 0.717) is 11.1 Å². The molecule has 104 valence electrons. The Bertz CT molecular complexity index is 643. The second kappa shape index (κ2) is 6.15.